The minimum atomic E-state index is 0. The summed E-state index contributed by atoms with van der Waals surface area (Å²) in [6.07, 6.45) is 2.71. The largest absolute Gasteiger partial charge is 0.356 e. The highest BCUT2D eigenvalue weighted by molar-refractivity contribution is 14.0. The van der Waals surface area contributed by atoms with Crippen LogP contribution in [0.3, 0.4) is 0 Å². The Kier molecular flexibility index (Phi) is 7.06. The molecule has 1 heterocycles. The van der Waals surface area contributed by atoms with E-state index in [1.165, 1.54) is 18.5 Å². The van der Waals surface area contributed by atoms with Crippen molar-refractivity contribution in [3.05, 3.63) is 16.1 Å². The minimum absolute atomic E-state index is 0. The predicted molar refractivity (Wildman–Crippen MR) is 92.5 cm³/mol. The van der Waals surface area contributed by atoms with Crippen LogP contribution in [0, 0.1) is 5.92 Å². The van der Waals surface area contributed by atoms with E-state index in [4.69, 9.17) is 0 Å². The first-order valence-electron chi connectivity index (χ1n) is 6.58. The Hall–Kier alpha value is -0.370. The molecule has 0 unspecified atom stereocenters. The highest BCUT2D eigenvalue weighted by Gasteiger charge is 2.21. The van der Waals surface area contributed by atoms with Gasteiger partial charge >= 0.3 is 0 Å². The highest BCUT2D eigenvalue weighted by Crippen LogP contribution is 2.27. The van der Waals surface area contributed by atoms with Crippen LogP contribution in [0.5, 0.6) is 0 Å². The number of guanidine groups is 1. The number of aromatic nitrogens is 1. The van der Waals surface area contributed by atoms with E-state index in [2.05, 4.69) is 39.8 Å². The van der Waals surface area contributed by atoms with Gasteiger partial charge in [0.05, 0.1) is 12.2 Å². The molecule has 1 fully saturated rings. The molecular weight excluding hydrogens is 371 g/mol. The average molecular weight is 394 g/mol. The first kappa shape index (κ1) is 16.7. The topological polar surface area (TPSA) is 49.3 Å². The Morgan fingerprint density at radius 3 is 2.74 bits per heavy atom. The summed E-state index contributed by atoms with van der Waals surface area (Å²) in [5.74, 6) is 2.24. The molecule has 2 N–H and O–H groups in total. The van der Waals surface area contributed by atoms with Crippen molar-refractivity contribution in [2.75, 3.05) is 13.6 Å². The van der Waals surface area contributed by atoms with E-state index in [0.717, 1.165) is 30.0 Å². The summed E-state index contributed by atoms with van der Waals surface area (Å²) in [4.78, 5) is 8.81. The molecule has 0 spiro atoms. The molecule has 2 rings (SSSR count). The van der Waals surface area contributed by atoms with Crippen LogP contribution < -0.4 is 10.6 Å². The van der Waals surface area contributed by atoms with Gasteiger partial charge in [-0.25, -0.2) is 4.98 Å². The number of nitrogens with zero attached hydrogens (tertiary/aromatic N) is 2. The first-order valence-corrected chi connectivity index (χ1v) is 7.45. The Morgan fingerprint density at radius 1 is 1.47 bits per heavy atom. The minimum Gasteiger partial charge on any atom is -0.356 e. The van der Waals surface area contributed by atoms with Gasteiger partial charge in [-0.2, -0.15) is 0 Å². The Bertz CT molecular complexity index is 413. The summed E-state index contributed by atoms with van der Waals surface area (Å²) in [5.41, 5.74) is 1.18. The summed E-state index contributed by atoms with van der Waals surface area (Å²) in [5, 5.41) is 9.91. The summed E-state index contributed by atoms with van der Waals surface area (Å²) in [6.45, 7) is 6.13. The molecule has 4 nitrogen and oxygen atoms in total. The van der Waals surface area contributed by atoms with Gasteiger partial charge in [-0.1, -0.05) is 13.8 Å². The van der Waals surface area contributed by atoms with Crippen LogP contribution in [-0.2, 0) is 6.54 Å². The molecule has 6 heteroatoms. The van der Waals surface area contributed by atoms with Crippen molar-refractivity contribution in [1.82, 2.24) is 15.6 Å². The van der Waals surface area contributed by atoms with E-state index >= 15 is 0 Å². The van der Waals surface area contributed by atoms with Crippen LogP contribution in [0.2, 0.25) is 0 Å². The highest BCUT2D eigenvalue weighted by atomic mass is 127. The number of hydrogen-bond acceptors (Lipinski definition) is 3. The number of halogens is 1. The molecule has 0 radical (unpaired) electrons. The fourth-order valence-corrected chi connectivity index (χ4v) is 2.51. The standard InChI is InChI=1S/C13H22N4S.HI/c1-9(2)11-8-18-12(17-11)7-16-13(14-3)15-6-10-4-5-10;/h8-10H,4-7H2,1-3H3,(H2,14,15,16);1H. The van der Waals surface area contributed by atoms with Crippen LogP contribution in [-0.4, -0.2) is 24.5 Å². The maximum Gasteiger partial charge on any atom is 0.191 e. The van der Waals surface area contributed by atoms with Crippen molar-refractivity contribution < 1.29 is 0 Å². The van der Waals surface area contributed by atoms with E-state index in [1.807, 2.05) is 7.05 Å². The lowest BCUT2D eigenvalue weighted by Crippen LogP contribution is -2.37. The van der Waals surface area contributed by atoms with Crippen molar-refractivity contribution >= 4 is 41.3 Å². The number of thiazole rings is 1. The van der Waals surface area contributed by atoms with Gasteiger partial charge in [-0.05, 0) is 24.7 Å². The second-order valence-electron chi connectivity index (χ2n) is 5.07. The van der Waals surface area contributed by atoms with Gasteiger partial charge in [0.25, 0.3) is 0 Å². The van der Waals surface area contributed by atoms with Gasteiger partial charge < -0.3 is 10.6 Å². The lowest BCUT2D eigenvalue weighted by molar-refractivity contribution is 0.734. The van der Waals surface area contributed by atoms with Crippen LogP contribution in [0.25, 0.3) is 0 Å². The van der Waals surface area contributed by atoms with Crippen LogP contribution in [0.15, 0.2) is 10.4 Å². The summed E-state index contributed by atoms with van der Waals surface area (Å²) >= 11 is 1.71. The number of rotatable bonds is 5. The lowest BCUT2D eigenvalue weighted by Gasteiger charge is -2.10. The molecule has 0 aromatic carbocycles. The van der Waals surface area contributed by atoms with E-state index in [9.17, 15) is 0 Å². The average Bonchev–Trinajstić information content (AvgIpc) is 3.05. The third-order valence-corrected chi connectivity index (χ3v) is 3.91. The van der Waals surface area contributed by atoms with Gasteiger partial charge in [0.2, 0.25) is 0 Å². The fourth-order valence-electron chi connectivity index (χ4n) is 1.61. The zero-order chi connectivity index (χ0) is 13.0. The van der Waals surface area contributed by atoms with Gasteiger partial charge in [0.15, 0.2) is 5.96 Å². The molecule has 0 aliphatic heterocycles. The fraction of sp³-hybridized carbons (Fsp3) is 0.692. The number of hydrogen-bond donors (Lipinski definition) is 2. The van der Waals surface area contributed by atoms with E-state index in [0.29, 0.717) is 5.92 Å². The SMILES string of the molecule is CN=C(NCc1nc(C(C)C)cs1)NCC1CC1.I. The van der Waals surface area contributed by atoms with Crippen LogP contribution in [0.4, 0.5) is 0 Å². The summed E-state index contributed by atoms with van der Waals surface area (Å²) in [7, 11) is 1.81. The third-order valence-electron chi connectivity index (χ3n) is 3.05. The maximum absolute atomic E-state index is 4.60. The van der Waals surface area contributed by atoms with Crippen LogP contribution in [0.1, 0.15) is 43.3 Å². The third kappa shape index (κ3) is 5.64. The number of nitrogens with one attached hydrogen (secondary N) is 2. The molecule has 1 aliphatic carbocycles. The van der Waals surface area contributed by atoms with Gasteiger partial charge in [0, 0.05) is 19.0 Å². The monoisotopic (exact) mass is 394 g/mol. The molecule has 1 saturated carbocycles. The van der Waals surface area contributed by atoms with Crippen molar-refractivity contribution in [3.63, 3.8) is 0 Å². The Labute approximate surface area is 136 Å². The molecule has 0 amide bonds. The molecule has 1 aromatic heterocycles. The van der Waals surface area contributed by atoms with E-state index < -0.39 is 0 Å². The Morgan fingerprint density at radius 2 is 2.21 bits per heavy atom. The quantitative estimate of drug-likeness (QED) is 0.459. The Balaban J connectivity index is 0.00000180. The smallest absolute Gasteiger partial charge is 0.191 e. The molecular formula is C13H23IN4S. The second kappa shape index (κ2) is 8.04. The van der Waals surface area contributed by atoms with Crippen molar-refractivity contribution in [2.45, 2.75) is 39.2 Å². The first-order chi connectivity index (χ1) is 8.69. The molecule has 108 valence electrons. The molecule has 0 atom stereocenters. The molecule has 19 heavy (non-hydrogen) atoms. The predicted octanol–water partition coefficient (Wildman–Crippen LogP) is 2.96. The molecule has 1 aliphatic rings. The second-order valence-corrected chi connectivity index (χ2v) is 6.01. The molecule has 0 saturated heterocycles. The van der Waals surface area contributed by atoms with E-state index in [-0.39, 0.29) is 24.0 Å². The van der Waals surface area contributed by atoms with Crippen molar-refractivity contribution in [1.29, 1.82) is 0 Å². The van der Waals surface area contributed by atoms with Crippen molar-refractivity contribution in [3.8, 4) is 0 Å². The zero-order valence-corrected chi connectivity index (χ0v) is 14.9. The molecule has 1 aromatic rings. The number of aliphatic imine (C=N–C) groups is 1. The van der Waals surface area contributed by atoms with Gasteiger partial charge in [-0.15, -0.1) is 35.3 Å². The summed E-state index contributed by atoms with van der Waals surface area (Å²) < 4.78 is 0. The zero-order valence-electron chi connectivity index (χ0n) is 11.8. The summed E-state index contributed by atoms with van der Waals surface area (Å²) in [6, 6.07) is 0. The lowest BCUT2D eigenvalue weighted by atomic mass is 10.2. The normalized spacial score (nSPS) is 15.3. The molecule has 0 bridgehead atoms. The van der Waals surface area contributed by atoms with Crippen molar-refractivity contribution in [2.24, 2.45) is 10.9 Å². The maximum atomic E-state index is 4.60. The van der Waals surface area contributed by atoms with Gasteiger partial charge in [0.1, 0.15) is 5.01 Å². The van der Waals surface area contributed by atoms with Gasteiger partial charge in [-0.3, -0.25) is 4.99 Å². The van der Waals surface area contributed by atoms with Crippen LogP contribution >= 0.6 is 35.3 Å². The van der Waals surface area contributed by atoms with E-state index in [1.54, 1.807) is 11.3 Å².